The smallest absolute Gasteiger partial charge is 0.119 e. The van der Waals surface area contributed by atoms with Gasteiger partial charge >= 0.3 is 0 Å². The number of piperidine rings is 1. The predicted octanol–water partition coefficient (Wildman–Crippen LogP) is 2.22. The minimum atomic E-state index is -0.399. The maximum atomic E-state index is 9.97. The molecule has 1 heterocycles. The number of hydrogen-bond acceptors (Lipinski definition) is 3. The first-order valence-electron chi connectivity index (χ1n) is 6.84. The zero-order valence-electron chi connectivity index (χ0n) is 11.1. The molecule has 2 rings (SSSR count). The van der Waals surface area contributed by atoms with Crippen molar-refractivity contribution in [1.82, 2.24) is 4.90 Å². The maximum Gasteiger partial charge on any atom is 0.119 e. The fraction of sp³-hybridized carbons (Fsp3) is 0.600. The average Bonchev–Trinajstić information content (AvgIpc) is 2.38. The molecule has 3 nitrogen and oxygen atoms in total. The first-order chi connectivity index (χ1) is 8.74. The van der Waals surface area contributed by atoms with Crippen molar-refractivity contribution in [3.8, 4) is 5.75 Å². The van der Waals surface area contributed by atoms with E-state index in [0.29, 0.717) is 6.61 Å². The van der Waals surface area contributed by atoms with Crippen molar-refractivity contribution in [2.45, 2.75) is 32.3 Å². The number of hydrogen-bond donors (Lipinski definition) is 1. The summed E-state index contributed by atoms with van der Waals surface area (Å²) in [5, 5.41) is 9.97. The van der Waals surface area contributed by atoms with Crippen LogP contribution in [0.1, 0.15) is 24.8 Å². The number of aliphatic hydroxyl groups excluding tert-OH is 1. The molecule has 0 aromatic heterocycles. The maximum absolute atomic E-state index is 9.97. The number of rotatable bonds is 5. The Bertz CT molecular complexity index is 361. The minimum absolute atomic E-state index is 0.375. The summed E-state index contributed by atoms with van der Waals surface area (Å²) >= 11 is 0. The molecule has 18 heavy (non-hydrogen) atoms. The van der Waals surface area contributed by atoms with E-state index in [1.165, 1.54) is 24.8 Å². The second kappa shape index (κ2) is 6.76. The molecule has 0 amide bonds. The third-order valence-corrected chi connectivity index (χ3v) is 3.35. The highest BCUT2D eigenvalue weighted by Crippen LogP contribution is 2.13. The molecule has 1 aliphatic rings. The lowest BCUT2D eigenvalue weighted by Gasteiger charge is -2.28. The van der Waals surface area contributed by atoms with E-state index >= 15 is 0 Å². The number of aliphatic hydroxyl groups is 1. The lowest BCUT2D eigenvalue weighted by atomic mass is 10.1. The van der Waals surface area contributed by atoms with Crippen LogP contribution in [0.15, 0.2) is 24.3 Å². The van der Waals surface area contributed by atoms with Gasteiger partial charge in [0.15, 0.2) is 0 Å². The van der Waals surface area contributed by atoms with Crippen molar-refractivity contribution in [2.75, 3.05) is 26.2 Å². The van der Waals surface area contributed by atoms with Crippen LogP contribution >= 0.6 is 0 Å². The van der Waals surface area contributed by atoms with E-state index in [1.54, 1.807) is 0 Å². The van der Waals surface area contributed by atoms with E-state index in [4.69, 9.17) is 4.74 Å². The van der Waals surface area contributed by atoms with E-state index in [-0.39, 0.29) is 0 Å². The first kappa shape index (κ1) is 13.4. The Morgan fingerprint density at radius 1 is 1.28 bits per heavy atom. The predicted molar refractivity (Wildman–Crippen MR) is 73.0 cm³/mol. The summed E-state index contributed by atoms with van der Waals surface area (Å²) in [6, 6.07) is 7.94. The Morgan fingerprint density at radius 2 is 2.06 bits per heavy atom. The molecule has 3 heteroatoms. The SMILES string of the molecule is Cc1cccc(OC[C@H](O)CN2CCCCC2)c1. The highest BCUT2D eigenvalue weighted by atomic mass is 16.5. The second-order valence-electron chi connectivity index (χ2n) is 5.14. The minimum Gasteiger partial charge on any atom is -0.491 e. The molecule has 0 unspecified atom stereocenters. The van der Waals surface area contributed by atoms with Crippen LogP contribution < -0.4 is 4.74 Å². The van der Waals surface area contributed by atoms with Crippen molar-refractivity contribution in [3.05, 3.63) is 29.8 Å². The van der Waals surface area contributed by atoms with Gasteiger partial charge in [-0.15, -0.1) is 0 Å². The number of benzene rings is 1. The van der Waals surface area contributed by atoms with Crippen LogP contribution in [0.4, 0.5) is 0 Å². The van der Waals surface area contributed by atoms with Crippen LogP contribution in [0.5, 0.6) is 5.75 Å². The number of likely N-dealkylation sites (tertiary alicyclic amines) is 1. The van der Waals surface area contributed by atoms with Gasteiger partial charge in [-0.2, -0.15) is 0 Å². The van der Waals surface area contributed by atoms with Gasteiger partial charge in [-0.3, -0.25) is 0 Å². The van der Waals surface area contributed by atoms with Crippen LogP contribution in [0.25, 0.3) is 0 Å². The van der Waals surface area contributed by atoms with Crippen LogP contribution in [0.2, 0.25) is 0 Å². The Morgan fingerprint density at radius 3 is 2.78 bits per heavy atom. The van der Waals surface area contributed by atoms with Gasteiger partial charge in [0.2, 0.25) is 0 Å². The molecule has 1 aromatic rings. The van der Waals surface area contributed by atoms with Gasteiger partial charge < -0.3 is 14.7 Å². The largest absolute Gasteiger partial charge is 0.491 e. The van der Waals surface area contributed by atoms with E-state index in [1.807, 2.05) is 31.2 Å². The summed E-state index contributed by atoms with van der Waals surface area (Å²) in [6.45, 7) is 5.37. The normalized spacial score (nSPS) is 18.6. The van der Waals surface area contributed by atoms with Gasteiger partial charge in [0.25, 0.3) is 0 Å². The molecule has 1 fully saturated rings. The van der Waals surface area contributed by atoms with Crippen molar-refractivity contribution in [3.63, 3.8) is 0 Å². The molecule has 1 saturated heterocycles. The second-order valence-corrected chi connectivity index (χ2v) is 5.14. The van der Waals surface area contributed by atoms with Crippen molar-refractivity contribution >= 4 is 0 Å². The number of aryl methyl sites for hydroxylation is 1. The van der Waals surface area contributed by atoms with E-state index in [2.05, 4.69) is 4.90 Å². The molecule has 0 bridgehead atoms. The third kappa shape index (κ3) is 4.31. The monoisotopic (exact) mass is 249 g/mol. The van der Waals surface area contributed by atoms with Crippen molar-refractivity contribution in [1.29, 1.82) is 0 Å². The number of ether oxygens (including phenoxy) is 1. The lowest BCUT2D eigenvalue weighted by Crippen LogP contribution is -2.38. The van der Waals surface area contributed by atoms with Gasteiger partial charge in [-0.1, -0.05) is 18.6 Å². The van der Waals surface area contributed by atoms with Gasteiger partial charge in [0.1, 0.15) is 18.5 Å². The molecule has 0 aliphatic carbocycles. The summed E-state index contributed by atoms with van der Waals surface area (Å²) in [4.78, 5) is 2.33. The Kier molecular flexibility index (Phi) is 5.02. The van der Waals surface area contributed by atoms with Gasteiger partial charge in [-0.25, -0.2) is 0 Å². The fourth-order valence-electron chi connectivity index (χ4n) is 2.39. The molecule has 1 aliphatic heterocycles. The first-order valence-corrected chi connectivity index (χ1v) is 6.84. The van der Waals surface area contributed by atoms with Crippen LogP contribution in [-0.4, -0.2) is 42.4 Å². The van der Waals surface area contributed by atoms with Gasteiger partial charge in [0.05, 0.1) is 0 Å². The lowest BCUT2D eigenvalue weighted by molar-refractivity contribution is 0.0617. The van der Waals surface area contributed by atoms with Crippen LogP contribution in [0, 0.1) is 6.92 Å². The number of β-amino-alcohol motifs (C(OH)–C–C–N with tert-alkyl or cyclic N) is 1. The Hall–Kier alpha value is -1.06. The summed E-state index contributed by atoms with van der Waals surface area (Å²) < 4.78 is 5.61. The van der Waals surface area contributed by atoms with Crippen LogP contribution in [-0.2, 0) is 0 Å². The fourth-order valence-corrected chi connectivity index (χ4v) is 2.39. The van der Waals surface area contributed by atoms with Crippen molar-refractivity contribution < 1.29 is 9.84 Å². The zero-order valence-corrected chi connectivity index (χ0v) is 11.1. The standard InChI is InChI=1S/C15H23NO2/c1-13-6-5-7-15(10-13)18-12-14(17)11-16-8-3-2-4-9-16/h5-7,10,14,17H,2-4,8-9,11-12H2,1H3/t14-/m1/s1. The van der Waals surface area contributed by atoms with Gasteiger partial charge in [0, 0.05) is 6.54 Å². The molecule has 0 radical (unpaired) electrons. The molecular weight excluding hydrogens is 226 g/mol. The molecular formula is C15H23NO2. The van der Waals surface area contributed by atoms with Gasteiger partial charge in [-0.05, 0) is 50.6 Å². The molecule has 1 atom stereocenters. The third-order valence-electron chi connectivity index (χ3n) is 3.35. The Labute approximate surface area is 109 Å². The van der Waals surface area contributed by atoms with E-state index in [9.17, 15) is 5.11 Å². The summed E-state index contributed by atoms with van der Waals surface area (Å²) in [6.07, 6.45) is 3.44. The summed E-state index contributed by atoms with van der Waals surface area (Å²) in [7, 11) is 0. The molecule has 0 saturated carbocycles. The van der Waals surface area contributed by atoms with E-state index < -0.39 is 6.10 Å². The molecule has 1 N–H and O–H groups in total. The Balaban J connectivity index is 1.72. The van der Waals surface area contributed by atoms with Crippen molar-refractivity contribution in [2.24, 2.45) is 0 Å². The number of nitrogens with zero attached hydrogens (tertiary/aromatic N) is 1. The summed E-state index contributed by atoms with van der Waals surface area (Å²) in [5.74, 6) is 0.840. The van der Waals surface area contributed by atoms with E-state index in [0.717, 1.165) is 25.4 Å². The molecule has 1 aromatic carbocycles. The highest BCUT2D eigenvalue weighted by Gasteiger charge is 2.14. The topological polar surface area (TPSA) is 32.7 Å². The summed E-state index contributed by atoms with van der Waals surface area (Å²) in [5.41, 5.74) is 1.18. The van der Waals surface area contributed by atoms with Crippen LogP contribution in [0.3, 0.4) is 0 Å². The molecule has 0 spiro atoms. The highest BCUT2D eigenvalue weighted by molar-refractivity contribution is 5.27. The zero-order chi connectivity index (χ0) is 12.8. The quantitative estimate of drug-likeness (QED) is 0.868. The molecule has 100 valence electrons. The average molecular weight is 249 g/mol.